The van der Waals surface area contributed by atoms with Crippen molar-refractivity contribution in [3.63, 3.8) is 0 Å². The molecule has 0 aliphatic rings. The van der Waals surface area contributed by atoms with Gasteiger partial charge >= 0.3 is 0 Å². The number of oxazole rings is 1. The van der Waals surface area contributed by atoms with E-state index in [-0.39, 0.29) is 5.41 Å². The van der Waals surface area contributed by atoms with Gasteiger partial charge in [-0.15, -0.1) is 0 Å². The summed E-state index contributed by atoms with van der Waals surface area (Å²) in [6, 6.07) is 10.0. The fourth-order valence-electron chi connectivity index (χ4n) is 2.57. The maximum Gasteiger partial charge on any atom is 0.213 e. The lowest BCUT2D eigenvalue weighted by Gasteiger charge is -2.13. The van der Waals surface area contributed by atoms with Gasteiger partial charge < -0.3 is 15.1 Å². The molecule has 0 aliphatic carbocycles. The molecule has 3 aromatic rings. The third-order valence-electron chi connectivity index (χ3n) is 4.12. The summed E-state index contributed by atoms with van der Waals surface area (Å²) in [6.45, 7) is 10.1. The van der Waals surface area contributed by atoms with Gasteiger partial charge in [0.2, 0.25) is 5.89 Å². The van der Waals surface area contributed by atoms with Crippen molar-refractivity contribution in [3.05, 3.63) is 66.1 Å². The second kappa shape index (κ2) is 8.73. The van der Waals surface area contributed by atoms with E-state index >= 15 is 0 Å². The second-order valence-electron chi connectivity index (χ2n) is 7.55. The monoisotopic (exact) mass is 380 g/mol. The van der Waals surface area contributed by atoms with Crippen LogP contribution in [0.1, 0.15) is 44.9 Å². The first-order chi connectivity index (χ1) is 13.5. The zero-order chi connectivity index (χ0) is 20.0. The molecule has 0 radical (unpaired) electrons. The van der Waals surface area contributed by atoms with Crippen LogP contribution in [0.5, 0.6) is 0 Å². The number of aromatic nitrogens is 3. The molecule has 0 bridgehead atoms. The second-order valence-corrected chi connectivity index (χ2v) is 7.55. The number of hydrogen-bond acceptors (Lipinski definition) is 4. The number of hydrogen-bond donors (Lipinski definition) is 2. The minimum absolute atomic E-state index is 0.0528. The van der Waals surface area contributed by atoms with Crippen molar-refractivity contribution < 1.29 is 4.42 Å². The van der Waals surface area contributed by atoms with Gasteiger partial charge in [-0.25, -0.2) is 14.7 Å². The summed E-state index contributed by atoms with van der Waals surface area (Å²) in [5.74, 6) is 2.23. The molecule has 0 unspecified atom stereocenters. The third-order valence-corrected chi connectivity index (χ3v) is 4.12. The van der Waals surface area contributed by atoms with Gasteiger partial charge in [-0.1, -0.05) is 39.0 Å². The van der Waals surface area contributed by atoms with Crippen LogP contribution in [-0.2, 0) is 18.5 Å². The van der Waals surface area contributed by atoms with Gasteiger partial charge in [-0.2, -0.15) is 5.10 Å². The first-order valence-corrected chi connectivity index (χ1v) is 9.52. The van der Waals surface area contributed by atoms with Gasteiger partial charge in [0.15, 0.2) is 5.96 Å². The number of nitrogens with one attached hydrogen (secondary N) is 2. The highest BCUT2D eigenvalue weighted by molar-refractivity contribution is 5.79. The van der Waals surface area contributed by atoms with E-state index in [0.29, 0.717) is 24.9 Å². The van der Waals surface area contributed by atoms with Crippen LogP contribution < -0.4 is 10.6 Å². The Morgan fingerprint density at radius 2 is 1.93 bits per heavy atom. The number of para-hydroxylation sites is 1. The lowest BCUT2D eigenvalue weighted by atomic mass is 9.94. The van der Waals surface area contributed by atoms with Gasteiger partial charge in [-0.3, -0.25) is 0 Å². The van der Waals surface area contributed by atoms with Gasteiger partial charge in [0.05, 0.1) is 31.2 Å². The molecule has 0 spiro atoms. The summed E-state index contributed by atoms with van der Waals surface area (Å²) in [6.07, 6.45) is 5.62. The van der Waals surface area contributed by atoms with Crippen molar-refractivity contribution in [2.75, 3.05) is 6.54 Å². The van der Waals surface area contributed by atoms with E-state index in [1.54, 1.807) is 6.20 Å². The molecule has 1 aromatic carbocycles. The minimum Gasteiger partial charge on any atom is -0.443 e. The van der Waals surface area contributed by atoms with Gasteiger partial charge in [0.25, 0.3) is 0 Å². The molecule has 7 nitrogen and oxygen atoms in total. The predicted octanol–water partition coefficient (Wildman–Crippen LogP) is 3.41. The van der Waals surface area contributed by atoms with Gasteiger partial charge in [-0.05, 0) is 19.1 Å². The Bertz CT molecular complexity index is 904. The van der Waals surface area contributed by atoms with E-state index in [9.17, 15) is 0 Å². The first-order valence-electron chi connectivity index (χ1n) is 9.52. The molecular weight excluding hydrogens is 352 g/mol. The van der Waals surface area contributed by atoms with Crippen LogP contribution in [-0.4, -0.2) is 27.3 Å². The summed E-state index contributed by atoms with van der Waals surface area (Å²) < 4.78 is 7.68. The quantitative estimate of drug-likeness (QED) is 0.506. The van der Waals surface area contributed by atoms with Crippen LogP contribution >= 0.6 is 0 Å². The Morgan fingerprint density at radius 3 is 2.61 bits per heavy atom. The van der Waals surface area contributed by atoms with Crippen LogP contribution in [0.4, 0.5) is 0 Å². The Balaban J connectivity index is 1.61. The lowest BCUT2D eigenvalue weighted by Crippen LogP contribution is -2.36. The van der Waals surface area contributed by atoms with Crippen LogP contribution in [0.2, 0.25) is 0 Å². The molecule has 2 heterocycles. The molecule has 0 saturated carbocycles. The molecule has 2 N–H and O–H groups in total. The molecule has 148 valence electrons. The Kier molecular flexibility index (Phi) is 6.13. The normalized spacial score (nSPS) is 12.2. The van der Waals surface area contributed by atoms with Crippen molar-refractivity contribution in [1.29, 1.82) is 0 Å². The van der Waals surface area contributed by atoms with Crippen LogP contribution in [0.15, 0.2) is 58.3 Å². The topological polar surface area (TPSA) is 80.3 Å². The molecule has 28 heavy (non-hydrogen) atoms. The third kappa shape index (κ3) is 5.22. The maximum absolute atomic E-state index is 5.82. The largest absolute Gasteiger partial charge is 0.443 e. The molecule has 0 atom stereocenters. The van der Waals surface area contributed by atoms with Crippen LogP contribution in [0.25, 0.3) is 5.69 Å². The SMILES string of the molecule is CCNC(=NCc1cnn(-c2ccccc2)c1)NCc1ncc(C(C)(C)C)o1. The van der Waals surface area contributed by atoms with Crippen molar-refractivity contribution in [3.8, 4) is 5.69 Å². The average Bonchev–Trinajstić information content (AvgIpc) is 3.34. The minimum atomic E-state index is -0.0528. The predicted molar refractivity (Wildman–Crippen MR) is 110 cm³/mol. The molecule has 0 aliphatic heterocycles. The van der Waals surface area contributed by atoms with Crippen LogP contribution in [0.3, 0.4) is 0 Å². The molecular formula is C21H28N6O. The van der Waals surface area contributed by atoms with Crippen molar-refractivity contribution in [2.24, 2.45) is 4.99 Å². The van der Waals surface area contributed by atoms with E-state index in [1.165, 1.54) is 0 Å². The summed E-state index contributed by atoms with van der Waals surface area (Å²) in [5, 5.41) is 10.9. The summed E-state index contributed by atoms with van der Waals surface area (Å²) >= 11 is 0. The highest BCUT2D eigenvalue weighted by Gasteiger charge is 2.19. The Hall–Kier alpha value is -3.09. The zero-order valence-corrected chi connectivity index (χ0v) is 16.9. The summed E-state index contributed by atoms with van der Waals surface area (Å²) in [4.78, 5) is 8.98. The van der Waals surface area contributed by atoms with Crippen LogP contribution in [0, 0.1) is 0 Å². The number of guanidine groups is 1. The smallest absolute Gasteiger partial charge is 0.213 e. The highest BCUT2D eigenvalue weighted by atomic mass is 16.4. The van der Waals surface area contributed by atoms with Crippen molar-refractivity contribution >= 4 is 5.96 Å². The fourth-order valence-corrected chi connectivity index (χ4v) is 2.57. The van der Waals surface area contributed by atoms with E-state index < -0.39 is 0 Å². The average molecular weight is 380 g/mol. The zero-order valence-electron chi connectivity index (χ0n) is 16.9. The van der Waals surface area contributed by atoms with E-state index in [0.717, 1.165) is 23.6 Å². The maximum atomic E-state index is 5.82. The van der Waals surface area contributed by atoms with E-state index in [2.05, 4.69) is 46.5 Å². The van der Waals surface area contributed by atoms with Gasteiger partial charge in [0.1, 0.15) is 5.76 Å². The summed E-state index contributed by atoms with van der Waals surface area (Å²) in [7, 11) is 0. The summed E-state index contributed by atoms with van der Waals surface area (Å²) in [5.41, 5.74) is 2.01. The standard InChI is InChI=1S/C21H28N6O/c1-5-22-20(25-14-19-23-13-18(28-19)21(2,3)4)24-11-16-12-26-27(15-16)17-9-7-6-8-10-17/h6-10,12-13,15H,5,11,14H2,1-4H3,(H2,22,24,25). The molecule has 0 saturated heterocycles. The molecule has 2 aromatic heterocycles. The number of aliphatic imine (C=N–C) groups is 1. The lowest BCUT2D eigenvalue weighted by molar-refractivity contribution is 0.379. The Labute approximate surface area is 165 Å². The first kappa shape index (κ1) is 19.7. The van der Waals surface area contributed by atoms with E-state index in [1.807, 2.05) is 54.3 Å². The number of benzene rings is 1. The van der Waals surface area contributed by atoms with E-state index in [4.69, 9.17) is 4.42 Å². The molecule has 7 heteroatoms. The van der Waals surface area contributed by atoms with Gasteiger partial charge in [0, 0.05) is 23.7 Å². The highest BCUT2D eigenvalue weighted by Crippen LogP contribution is 2.22. The van der Waals surface area contributed by atoms with Crippen molar-refractivity contribution in [1.82, 2.24) is 25.4 Å². The molecule has 0 amide bonds. The van der Waals surface area contributed by atoms with Crippen molar-refractivity contribution in [2.45, 2.75) is 46.2 Å². The number of rotatable bonds is 6. The molecule has 0 fully saturated rings. The fraction of sp³-hybridized carbons (Fsp3) is 0.381. The Morgan fingerprint density at radius 1 is 1.14 bits per heavy atom. The molecule has 3 rings (SSSR count). The number of nitrogens with zero attached hydrogens (tertiary/aromatic N) is 4.